The lowest BCUT2D eigenvalue weighted by Gasteiger charge is -2.21. The van der Waals surface area contributed by atoms with Crippen molar-refractivity contribution in [1.29, 1.82) is 0 Å². The SMILES string of the molecule is O=C(NN1CCOCC1)[n+]1ccccc1. The highest BCUT2D eigenvalue weighted by Crippen LogP contribution is 1.91. The van der Waals surface area contributed by atoms with Gasteiger partial charge in [0.25, 0.3) is 0 Å². The van der Waals surface area contributed by atoms with E-state index in [2.05, 4.69) is 5.43 Å². The summed E-state index contributed by atoms with van der Waals surface area (Å²) in [5.74, 6) is 0. The molecule has 1 aliphatic heterocycles. The van der Waals surface area contributed by atoms with E-state index < -0.39 is 0 Å². The Morgan fingerprint density at radius 2 is 1.87 bits per heavy atom. The van der Waals surface area contributed by atoms with Crippen molar-refractivity contribution in [2.24, 2.45) is 0 Å². The lowest BCUT2D eigenvalue weighted by atomic mass is 10.5. The first kappa shape index (κ1) is 10.1. The van der Waals surface area contributed by atoms with Gasteiger partial charge >= 0.3 is 6.03 Å². The lowest BCUT2D eigenvalue weighted by Crippen LogP contribution is -2.58. The van der Waals surface area contributed by atoms with Gasteiger partial charge in [-0.15, -0.1) is 5.01 Å². The van der Waals surface area contributed by atoms with Crippen LogP contribution in [0.4, 0.5) is 4.79 Å². The van der Waals surface area contributed by atoms with Crippen LogP contribution in [0.1, 0.15) is 0 Å². The van der Waals surface area contributed by atoms with Crippen LogP contribution in [0.2, 0.25) is 0 Å². The minimum Gasteiger partial charge on any atom is -0.378 e. The molecule has 15 heavy (non-hydrogen) atoms. The Hall–Kier alpha value is -1.46. The maximum absolute atomic E-state index is 11.7. The van der Waals surface area contributed by atoms with Crippen molar-refractivity contribution in [3.63, 3.8) is 0 Å². The minimum atomic E-state index is -0.141. The standard InChI is InChI=1S/C10H13N3O2/c14-10(12-4-2-1-3-5-12)11-13-6-8-15-9-7-13/h1-5H,6-9H2/p+1. The first-order valence-electron chi connectivity index (χ1n) is 4.96. The third kappa shape index (κ3) is 2.74. The summed E-state index contributed by atoms with van der Waals surface area (Å²) in [5, 5.41) is 1.87. The van der Waals surface area contributed by atoms with Crippen molar-refractivity contribution in [2.75, 3.05) is 26.3 Å². The van der Waals surface area contributed by atoms with E-state index >= 15 is 0 Å². The molecule has 0 aromatic carbocycles. The summed E-state index contributed by atoms with van der Waals surface area (Å²) in [5.41, 5.74) is 2.81. The number of rotatable bonds is 1. The van der Waals surface area contributed by atoms with Crippen LogP contribution in [0.3, 0.4) is 0 Å². The van der Waals surface area contributed by atoms with Crippen molar-refractivity contribution >= 4 is 6.03 Å². The molecule has 1 N–H and O–H groups in total. The van der Waals surface area contributed by atoms with Crippen LogP contribution in [-0.2, 0) is 4.74 Å². The highest BCUT2D eigenvalue weighted by Gasteiger charge is 2.20. The summed E-state index contributed by atoms with van der Waals surface area (Å²) in [6.45, 7) is 2.80. The zero-order valence-electron chi connectivity index (χ0n) is 8.43. The molecule has 2 rings (SSSR count). The molecule has 2 heterocycles. The molecule has 1 saturated heterocycles. The second kappa shape index (κ2) is 4.86. The molecule has 0 aliphatic carbocycles. The Morgan fingerprint density at radius 1 is 1.20 bits per heavy atom. The van der Waals surface area contributed by atoms with E-state index in [0.717, 1.165) is 13.1 Å². The highest BCUT2D eigenvalue weighted by molar-refractivity contribution is 5.63. The van der Waals surface area contributed by atoms with Crippen LogP contribution in [0.25, 0.3) is 0 Å². The molecule has 1 amide bonds. The average molecular weight is 208 g/mol. The van der Waals surface area contributed by atoms with Crippen molar-refractivity contribution in [2.45, 2.75) is 0 Å². The fourth-order valence-corrected chi connectivity index (χ4v) is 1.40. The monoisotopic (exact) mass is 208 g/mol. The Balaban J connectivity index is 1.91. The van der Waals surface area contributed by atoms with Crippen LogP contribution in [0, 0.1) is 0 Å². The van der Waals surface area contributed by atoms with Gasteiger partial charge in [0.15, 0.2) is 0 Å². The number of hydrazine groups is 1. The van der Waals surface area contributed by atoms with Gasteiger partial charge in [-0.25, -0.2) is 0 Å². The molecule has 5 nitrogen and oxygen atoms in total. The van der Waals surface area contributed by atoms with E-state index in [0.29, 0.717) is 13.2 Å². The first-order valence-corrected chi connectivity index (χ1v) is 4.96. The molecule has 1 aromatic heterocycles. The number of carbonyl (C=O) groups excluding carboxylic acids is 1. The number of pyridine rings is 1. The van der Waals surface area contributed by atoms with Gasteiger partial charge in [-0.3, -0.25) is 0 Å². The molecule has 1 aliphatic rings. The number of ether oxygens (including phenoxy) is 1. The van der Waals surface area contributed by atoms with E-state index in [1.807, 2.05) is 23.2 Å². The summed E-state index contributed by atoms with van der Waals surface area (Å²) in [4.78, 5) is 11.7. The van der Waals surface area contributed by atoms with Crippen LogP contribution in [0.5, 0.6) is 0 Å². The van der Waals surface area contributed by atoms with Gasteiger partial charge in [0.2, 0.25) is 0 Å². The van der Waals surface area contributed by atoms with Crippen molar-refractivity contribution < 1.29 is 14.1 Å². The van der Waals surface area contributed by atoms with Crippen LogP contribution >= 0.6 is 0 Å². The predicted octanol–water partition coefficient (Wildman–Crippen LogP) is -0.221. The molecule has 1 fully saturated rings. The molecule has 0 unspecified atom stereocenters. The summed E-state index contributed by atoms with van der Waals surface area (Å²) in [6.07, 6.45) is 3.44. The normalized spacial score (nSPS) is 17.3. The maximum Gasteiger partial charge on any atom is 0.514 e. The molecule has 80 valence electrons. The average Bonchev–Trinajstić information content (AvgIpc) is 2.31. The Labute approximate surface area is 88.2 Å². The maximum atomic E-state index is 11.7. The van der Waals surface area contributed by atoms with E-state index in [-0.39, 0.29) is 6.03 Å². The van der Waals surface area contributed by atoms with E-state index in [4.69, 9.17) is 4.74 Å². The topological polar surface area (TPSA) is 45.5 Å². The summed E-state index contributed by atoms with van der Waals surface area (Å²) in [6, 6.07) is 5.37. The lowest BCUT2D eigenvalue weighted by molar-refractivity contribution is -0.573. The van der Waals surface area contributed by atoms with Gasteiger partial charge in [-0.2, -0.15) is 14.8 Å². The second-order valence-electron chi connectivity index (χ2n) is 3.30. The number of hydrogen-bond acceptors (Lipinski definition) is 3. The predicted molar refractivity (Wildman–Crippen MR) is 53.0 cm³/mol. The zero-order valence-corrected chi connectivity index (χ0v) is 8.43. The number of hydrogen-bond donors (Lipinski definition) is 1. The first-order chi connectivity index (χ1) is 7.36. The Bertz CT molecular complexity index is 323. The quantitative estimate of drug-likeness (QED) is 0.649. The molecule has 0 spiro atoms. The number of nitrogens with zero attached hydrogens (tertiary/aromatic N) is 2. The molecule has 0 saturated carbocycles. The largest absolute Gasteiger partial charge is 0.514 e. The summed E-state index contributed by atoms with van der Waals surface area (Å²) in [7, 11) is 0. The number of morpholine rings is 1. The number of amides is 1. The number of carbonyl (C=O) groups is 1. The zero-order chi connectivity index (χ0) is 10.5. The van der Waals surface area contributed by atoms with Gasteiger partial charge in [0.1, 0.15) is 0 Å². The van der Waals surface area contributed by atoms with Crippen LogP contribution in [-0.4, -0.2) is 37.3 Å². The van der Waals surface area contributed by atoms with Gasteiger partial charge in [0, 0.05) is 0 Å². The molecule has 1 aromatic rings. The molecular formula is C10H14N3O2+. The van der Waals surface area contributed by atoms with Gasteiger partial charge < -0.3 is 4.74 Å². The van der Waals surface area contributed by atoms with Crippen LogP contribution in [0.15, 0.2) is 30.6 Å². The molecular weight excluding hydrogens is 194 g/mol. The number of aromatic nitrogens is 1. The molecule has 5 heteroatoms. The number of nitrogens with one attached hydrogen (secondary N) is 1. The Morgan fingerprint density at radius 3 is 2.53 bits per heavy atom. The van der Waals surface area contributed by atoms with E-state index in [1.54, 1.807) is 12.4 Å². The smallest absolute Gasteiger partial charge is 0.378 e. The van der Waals surface area contributed by atoms with Crippen molar-refractivity contribution in [3.05, 3.63) is 30.6 Å². The third-order valence-electron chi connectivity index (χ3n) is 2.21. The fourth-order valence-electron chi connectivity index (χ4n) is 1.40. The highest BCUT2D eigenvalue weighted by atomic mass is 16.5. The molecule has 0 bridgehead atoms. The van der Waals surface area contributed by atoms with Crippen LogP contribution < -0.4 is 9.99 Å². The van der Waals surface area contributed by atoms with Gasteiger partial charge in [0.05, 0.1) is 38.7 Å². The molecule has 0 radical (unpaired) electrons. The minimum absolute atomic E-state index is 0.141. The van der Waals surface area contributed by atoms with E-state index in [9.17, 15) is 4.79 Å². The fraction of sp³-hybridized carbons (Fsp3) is 0.400. The molecule has 0 atom stereocenters. The summed E-state index contributed by atoms with van der Waals surface area (Å²) >= 11 is 0. The third-order valence-corrected chi connectivity index (χ3v) is 2.21. The van der Waals surface area contributed by atoms with Crippen molar-refractivity contribution in [3.8, 4) is 0 Å². The van der Waals surface area contributed by atoms with Gasteiger partial charge in [-0.1, -0.05) is 6.07 Å². The van der Waals surface area contributed by atoms with E-state index in [1.165, 1.54) is 4.57 Å². The summed E-state index contributed by atoms with van der Waals surface area (Å²) < 4.78 is 6.70. The van der Waals surface area contributed by atoms with Gasteiger partial charge in [-0.05, 0) is 12.1 Å². The Kier molecular flexibility index (Phi) is 3.26. The van der Waals surface area contributed by atoms with Crippen molar-refractivity contribution in [1.82, 2.24) is 10.4 Å². The second-order valence-corrected chi connectivity index (χ2v) is 3.30.